The van der Waals surface area contributed by atoms with E-state index in [-0.39, 0.29) is 24.4 Å². The van der Waals surface area contributed by atoms with Crippen LogP contribution in [0, 0.1) is 0 Å². The molecule has 0 saturated carbocycles. The number of urea groups is 1. The van der Waals surface area contributed by atoms with Crippen molar-refractivity contribution in [1.29, 1.82) is 0 Å². The maximum atomic E-state index is 12.6. The predicted molar refractivity (Wildman–Crippen MR) is 123 cm³/mol. The van der Waals surface area contributed by atoms with Gasteiger partial charge in [0.05, 0.1) is 17.7 Å². The Balaban J connectivity index is 1.27. The van der Waals surface area contributed by atoms with E-state index in [4.69, 9.17) is 0 Å². The minimum absolute atomic E-state index is 0.133. The molecule has 0 aliphatic carbocycles. The van der Waals surface area contributed by atoms with Crippen molar-refractivity contribution in [2.75, 3.05) is 10.6 Å². The molecule has 7 heteroatoms. The van der Waals surface area contributed by atoms with Crippen molar-refractivity contribution < 1.29 is 14.4 Å². The smallest absolute Gasteiger partial charge is 0.323 e. The van der Waals surface area contributed by atoms with E-state index in [1.807, 2.05) is 48.1 Å². The third-order valence-corrected chi connectivity index (χ3v) is 5.55. The fraction of sp³-hybridized carbons (Fsp3) is 0.0800. The number of carbonyl (C=O) groups is 3. The molecule has 3 aromatic carbocycles. The molecule has 2 N–H and O–H groups in total. The molecule has 5 rings (SSSR count). The number of nitrogens with one attached hydrogen (secondary N) is 2. The average molecular weight is 424 g/mol. The molecule has 158 valence electrons. The Bertz CT molecular complexity index is 1350. The summed E-state index contributed by atoms with van der Waals surface area (Å²) in [6, 6.07) is 21.2. The SMILES string of the molecule is Cn1ccc2cc(NC(=O)Nc3cccc(CN4C(=O)c5ccccc5C4=O)c3)ccc21. The number of carbonyl (C=O) groups excluding carboxylic acids is 3. The minimum atomic E-state index is -0.377. The van der Waals surface area contributed by atoms with Gasteiger partial charge in [0, 0.05) is 35.5 Å². The molecule has 0 unspecified atom stereocenters. The molecular formula is C25H20N4O3. The van der Waals surface area contributed by atoms with Crippen LogP contribution in [0.3, 0.4) is 0 Å². The summed E-state index contributed by atoms with van der Waals surface area (Å²) >= 11 is 0. The number of fused-ring (bicyclic) bond motifs is 2. The lowest BCUT2D eigenvalue weighted by molar-refractivity contribution is 0.0642. The number of amides is 4. The lowest BCUT2D eigenvalue weighted by Crippen LogP contribution is -2.29. The highest BCUT2D eigenvalue weighted by Gasteiger charge is 2.34. The van der Waals surface area contributed by atoms with Crippen molar-refractivity contribution in [3.8, 4) is 0 Å². The Kier molecular flexibility index (Phi) is 4.71. The van der Waals surface area contributed by atoms with Gasteiger partial charge in [-0.05, 0) is 54.1 Å². The van der Waals surface area contributed by atoms with Crippen molar-refractivity contribution in [2.45, 2.75) is 6.54 Å². The first-order valence-corrected chi connectivity index (χ1v) is 10.2. The molecule has 1 aliphatic rings. The molecule has 0 saturated heterocycles. The van der Waals surface area contributed by atoms with Gasteiger partial charge in [-0.3, -0.25) is 14.5 Å². The van der Waals surface area contributed by atoms with Gasteiger partial charge in [0.25, 0.3) is 11.8 Å². The first kappa shape index (κ1) is 19.6. The van der Waals surface area contributed by atoms with E-state index in [1.54, 1.807) is 42.5 Å². The first-order chi connectivity index (χ1) is 15.5. The van der Waals surface area contributed by atoms with Gasteiger partial charge in [-0.25, -0.2) is 4.79 Å². The van der Waals surface area contributed by atoms with Crippen LogP contribution in [0.1, 0.15) is 26.3 Å². The summed E-state index contributed by atoms with van der Waals surface area (Å²) in [5.41, 5.74) is 3.91. The highest BCUT2D eigenvalue weighted by atomic mass is 16.2. The molecule has 4 amide bonds. The van der Waals surface area contributed by atoms with E-state index < -0.39 is 0 Å². The van der Waals surface area contributed by atoms with Crippen molar-refractivity contribution in [2.24, 2.45) is 7.05 Å². The number of anilines is 2. The third kappa shape index (κ3) is 3.50. The number of hydrogen-bond donors (Lipinski definition) is 2. The van der Waals surface area contributed by atoms with Crippen LogP contribution >= 0.6 is 0 Å². The minimum Gasteiger partial charge on any atom is -0.351 e. The highest BCUT2D eigenvalue weighted by Crippen LogP contribution is 2.25. The molecule has 0 spiro atoms. The summed E-state index contributed by atoms with van der Waals surface area (Å²) in [6.45, 7) is 0.133. The molecule has 4 aromatic rings. The predicted octanol–water partition coefficient (Wildman–Crippen LogP) is 4.62. The monoisotopic (exact) mass is 424 g/mol. The maximum Gasteiger partial charge on any atom is 0.323 e. The normalized spacial score (nSPS) is 12.8. The zero-order valence-corrected chi connectivity index (χ0v) is 17.3. The Labute approximate surface area is 184 Å². The molecular weight excluding hydrogens is 404 g/mol. The Morgan fingerprint density at radius 1 is 0.812 bits per heavy atom. The molecule has 7 nitrogen and oxygen atoms in total. The maximum absolute atomic E-state index is 12.6. The summed E-state index contributed by atoms with van der Waals surface area (Å²) in [5.74, 6) is -0.615. The first-order valence-electron chi connectivity index (χ1n) is 10.2. The molecule has 0 atom stereocenters. The number of imide groups is 1. The van der Waals surface area contributed by atoms with Gasteiger partial charge >= 0.3 is 6.03 Å². The van der Waals surface area contributed by atoms with Crippen molar-refractivity contribution >= 4 is 40.1 Å². The summed E-state index contributed by atoms with van der Waals surface area (Å²) in [5, 5.41) is 6.67. The van der Waals surface area contributed by atoms with Gasteiger partial charge in [0.2, 0.25) is 0 Å². The van der Waals surface area contributed by atoms with Crippen LogP contribution in [0.4, 0.5) is 16.2 Å². The average Bonchev–Trinajstić information content (AvgIpc) is 3.27. The molecule has 32 heavy (non-hydrogen) atoms. The van der Waals surface area contributed by atoms with Crippen LogP contribution in [-0.2, 0) is 13.6 Å². The quantitative estimate of drug-likeness (QED) is 0.469. The van der Waals surface area contributed by atoms with Crippen LogP contribution in [0.5, 0.6) is 0 Å². The van der Waals surface area contributed by atoms with E-state index in [2.05, 4.69) is 10.6 Å². The Morgan fingerprint density at radius 3 is 2.22 bits per heavy atom. The number of nitrogens with zero attached hydrogens (tertiary/aromatic N) is 2. The highest BCUT2D eigenvalue weighted by molar-refractivity contribution is 6.21. The standard InChI is InChI=1S/C25H20N4O3/c1-28-12-11-17-14-19(9-10-22(17)28)27-25(32)26-18-6-4-5-16(13-18)15-29-23(30)20-7-2-3-8-21(20)24(29)31/h2-14H,15H2,1H3,(H2,26,27,32). The summed E-state index contributed by atoms with van der Waals surface area (Å²) in [4.78, 5) is 38.9. The number of hydrogen-bond acceptors (Lipinski definition) is 3. The number of aryl methyl sites for hydroxylation is 1. The Morgan fingerprint density at radius 2 is 1.50 bits per heavy atom. The van der Waals surface area contributed by atoms with Crippen LogP contribution < -0.4 is 10.6 Å². The fourth-order valence-electron chi connectivity index (χ4n) is 3.97. The lowest BCUT2D eigenvalue weighted by atomic mass is 10.1. The van der Waals surface area contributed by atoms with Crippen LogP contribution in [0.25, 0.3) is 10.9 Å². The van der Waals surface area contributed by atoms with E-state index in [1.165, 1.54) is 4.90 Å². The lowest BCUT2D eigenvalue weighted by Gasteiger charge is -2.15. The number of aromatic nitrogens is 1. The van der Waals surface area contributed by atoms with Gasteiger partial charge in [0.15, 0.2) is 0 Å². The Hall–Kier alpha value is -4.39. The van der Waals surface area contributed by atoms with E-state index in [0.717, 1.165) is 16.5 Å². The number of rotatable bonds is 4. The number of benzene rings is 3. The molecule has 1 aromatic heterocycles. The zero-order valence-electron chi connectivity index (χ0n) is 17.3. The van der Waals surface area contributed by atoms with Gasteiger partial charge in [-0.2, -0.15) is 0 Å². The van der Waals surface area contributed by atoms with Gasteiger partial charge < -0.3 is 15.2 Å². The second kappa shape index (κ2) is 7.70. The molecule has 2 heterocycles. The van der Waals surface area contributed by atoms with Gasteiger partial charge in [-0.15, -0.1) is 0 Å². The van der Waals surface area contributed by atoms with Crippen LogP contribution in [-0.4, -0.2) is 27.3 Å². The fourth-order valence-corrected chi connectivity index (χ4v) is 3.97. The molecule has 0 fully saturated rings. The molecule has 0 radical (unpaired) electrons. The molecule has 1 aliphatic heterocycles. The van der Waals surface area contributed by atoms with E-state index in [0.29, 0.717) is 22.5 Å². The van der Waals surface area contributed by atoms with E-state index >= 15 is 0 Å². The topological polar surface area (TPSA) is 83.4 Å². The van der Waals surface area contributed by atoms with Crippen molar-refractivity contribution in [1.82, 2.24) is 9.47 Å². The summed E-state index contributed by atoms with van der Waals surface area (Å²) < 4.78 is 2.01. The van der Waals surface area contributed by atoms with Crippen LogP contribution in [0.2, 0.25) is 0 Å². The second-order valence-corrected chi connectivity index (χ2v) is 7.72. The molecule has 0 bridgehead atoms. The largest absolute Gasteiger partial charge is 0.351 e. The summed E-state index contributed by atoms with van der Waals surface area (Å²) in [7, 11) is 1.97. The van der Waals surface area contributed by atoms with Crippen LogP contribution in [0.15, 0.2) is 79.0 Å². The van der Waals surface area contributed by atoms with Gasteiger partial charge in [0.1, 0.15) is 0 Å². The zero-order chi connectivity index (χ0) is 22.2. The van der Waals surface area contributed by atoms with E-state index in [9.17, 15) is 14.4 Å². The summed E-state index contributed by atoms with van der Waals surface area (Å²) in [6.07, 6.45) is 1.97. The third-order valence-electron chi connectivity index (χ3n) is 5.55. The van der Waals surface area contributed by atoms with Crippen molar-refractivity contribution in [3.05, 3.63) is 95.7 Å². The van der Waals surface area contributed by atoms with Crippen molar-refractivity contribution in [3.63, 3.8) is 0 Å². The second-order valence-electron chi connectivity index (χ2n) is 7.72. The van der Waals surface area contributed by atoms with Gasteiger partial charge in [-0.1, -0.05) is 24.3 Å².